The lowest BCUT2D eigenvalue weighted by atomic mass is 10.1. The second kappa shape index (κ2) is 12.8. The van der Waals surface area contributed by atoms with E-state index in [1.165, 1.54) is 0 Å². The molecule has 2 heterocycles. The van der Waals surface area contributed by atoms with Gasteiger partial charge in [0.05, 0.1) is 12.1 Å². The van der Waals surface area contributed by atoms with Gasteiger partial charge >= 0.3 is 0 Å². The molecule has 33 heavy (non-hydrogen) atoms. The summed E-state index contributed by atoms with van der Waals surface area (Å²) in [5, 5.41) is 4.89. The predicted octanol–water partition coefficient (Wildman–Crippen LogP) is 2.74. The molecule has 0 atom stereocenters. The average molecular weight is 477 g/mol. The van der Waals surface area contributed by atoms with E-state index in [0.717, 1.165) is 56.5 Å². The average Bonchev–Trinajstić information content (AvgIpc) is 2.82. The lowest BCUT2D eigenvalue weighted by molar-refractivity contribution is 0.172. The molecule has 1 aromatic heterocycles. The molecule has 1 aromatic carbocycles. The molecule has 0 fully saturated rings. The van der Waals surface area contributed by atoms with E-state index in [1.54, 1.807) is 7.11 Å². The highest BCUT2D eigenvalue weighted by molar-refractivity contribution is 7.80. The zero-order valence-electron chi connectivity index (χ0n) is 19.9. The maximum atomic E-state index is 12.9. The van der Waals surface area contributed by atoms with E-state index in [4.69, 9.17) is 26.4 Å². The molecule has 182 valence electrons. The number of fused-ring (bicyclic) bond motifs is 2. The van der Waals surface area contributed by atoms with E-state index in [-0.39, 0.29) is 5.56 Å². The fourth-order valence-corrected chi connectivity index (χ4v) is 4.17. The van der Waals surface area contributed by atoms with Gasteiger partial charge in [-0.2, -0.15) is 0 Å². The Bertz CT molecular complexity index is 977. The predicted molar refractivity (Wildman–Crippen MR) is 135 cm³/mol. The molecule has 1 aliphatic heterocycles. The van der Waals surface area contributed by atoms with Crippen LogP contribution in [-0.2, 0) is 11.3 Å². The molecule has 3 rings (SSSR count). The maximum absolute atomic E-state index is 12.9. The summed E-state index contributed by atoms with van der Waals surface area (Å²) in [6.07, 6.45) is 1.83. The van der Waals surface area contributed by atoms with Gasteiger partial charge in [-0.05, 0) is 56.8 Å². The Kier molecular flexibility index (Phi) is 9.77. The summed E-state index contributed by atoms with van der Waals surface area (Å²) in [7, 11) is 1.69. The van der Waals surface area contributed by atoms with Crippen LogP contribution in [0.5, 0.6) is 11.5 Å². The fourth-order valence-electron chi connectivity index (χ4n) is 3.91. The molecular weight excluding hydrogens is 440 g/mol. The Morgan fingerprint density at radius 3 is 2.55 bits per heavy atom. The summed E-state index contributed by atoms with van der Waals surface area (Å²) in [6, 6.07) is 5.69. The summed E-state index contributed by atoms with van der Waals surface area (Å²) in [5.41, 5.74) is 1.29. The van der Waals surface area contributed by atoms with Gasteiger partial charge in [-0.1, -0.05) is 13.8 Å². The van der Waals surface area contributed by atoms with Crippen molar-refractivity contribution in [2.24, 2.45) is 0 Å². The number of hydrogen-bond donors (Lipinski definition) is 2. The summed E-state index contributed by atoms with van der Waals surface area (Å²) < 4.78 is 16.5. The highest BCUT2D eigenvalue weighted by atomic mass is 32.1. The molecule has 9 heteroatoms. The Balaban J connectivity index is 1.76. The van der Waals surface area contributed by atoms with E-state index >= 15 is 0 Å². The largest absolute Gasteiger partial charge is 0.486 e. The number of benzene rings is 1. The number of pyridine rings is 1. The van der Waals surface area contributed by atoms with E-state index in [9.17, 15) is 4.79 Å². The highest BCUT2D eigenvalue weighted by Crippen LogP contribution is 2.33. The number of methoxy groups -OCH3 is 1. The highest BCUT2D eigenvalue weighted by Gasteiger charge is 2.17. The third-order valence-electron chi connectivity index (χ3n) is 5.83. The van der Waals surface area contributed by atoms with Crippen molar-refractivity contribution < 1.29 is 14.2 Å². The van der Waals surface area contributed by atoms with Crippen LogP contribution in [0.15, 0.2) is 23.0 Å². The molecule has 0 saturated heterocycles. The second-order valence-electron chi connectivity index (χ2n) is 8.09. The number of aromatic nitrogens is 1. The van der Waals surface area contributed by atoms with E-state index in [1.807, 2.05) is 18.2 Å². The maximum Gasteiger partial charge on any atom is 0.253 e. The minimum absolute atomic E-state index is 0.116. The number of ether oxygens (including phenoxy) is 3. The minimum atomic E-state index is -0.116. The third-order valence-corrected chi connectivity index (χ3v) is 6.23. The first-order valence-electron chi connectivity index (χ1n) is 11.7. The Hall–Kier alpha value is -2.36. The SMILES string of the molecule is CCN(CC)CCCN(Cc1cc2cc3c(cc2[nH]c1=O)OCCO3)C(=S)NCCCOC. The molecule has 2 aromatic rings. The number of nitrogens with zero attached hydrogens (tertiary/aromatic N) is 2. The third kappa shape index (κ3) is 7.06. The van der Waals surface area contributed by atoms with Crippen molar-refractivity contribution in [3.63, 3.8) is 0 Å². The standard InChI is InChI=1S/C24H36N4O4S/c1-4-27(5-2)9-7-10-28(24(33)25-8-6-11-30-3)17-19-14-18-15-21-22(32-13-12-31-21)16-20(18)26-23(19)29/h14-16H,4-13,17H2,1-3H3,(H,25,33)(H,26,29). The monoisotopic (exact) mass is 476 g/mol. The number of aromatic amines is 1. The van der Waals surface area contributed by atoms with E-state index < -0.39 is 0 Å². The first-order valence-corrected chi connectivity index (χ1v) is 12.2. The lowest BCUT2D eigenvalue weighted by Crippen LogP contribution is -2.42. The van der Waals surface area contributed by atoms with Crippen molar-refractivity contribution in [2.75, 3.05) is 59.7 Å². The number of nitrogens with one attached hydrogen (secondary N) is 2. The number of thiocarbonyl (C=S) groups is 1. The van der Waals surface area contributed by atoms with Crippen molar-refractivity contribution in [2.45, 2.75) is 33.2 Å². The molecule has 0 bridgehead atoms. The number of H-pyrrole nitrogens is 1. The van der Waals surface area contributed by atoms with Crippen LogP contribution in [0.1, 0.15) is 32.3 Å². The van der Waals surface area contributed by atoms with Crippen LogP contribution in [0, 0.1) is 0 Å². The van der Waals surface area contributed by atoms with Crippen molar-refractivity contribution in [3.8, 4) is 11.5 Å². The Morgan fingerprint density at radius 1 is 1.12 bits per heavy atom. The van der Waals surface area contributed by atoms with E-state index in [0.29, 0.717) is 48.5 Å². The smallest absolute Gasteiger partial charge is 0.253 e. The molecule has 0 saturated carbocycles. The first kappa shape index (κ1) is 25.3. The topological polar surface area (TPSA) is 79.1 Å². The Morgan fingerprint density at radius 2 is 1.85 bits per heavy atom. The van der Waals surface area contributed by atoms with Crippen molar-refractivity contribution >= 4 is 28.2 Å². The van der Waals surface area contributed by atoms with Crippen LogP contribution in [-0.4, -0.2) is 79.6 Å². The summed E-state index contributed by atoms with van der Waals surface area (Å²) in [4.78, 5) is 20.4. The minimum Gasteiger partial charge on any atom is -0.486 e. The van der Waals surface area contributed by atoms with E-state index in [2.05, 4.69) is 33.9 Å². The number of rotatable bonds is 12. The van der Waals surface area contributed by atoms with Crippen molar-refractivity contribution in [3.05, 3.63) is 34.1 Å². The van der Waals surface area contributed by atoms with Gasteiger partial charge in [-0.25, -0.2) is 0 Å². The normalized spacial score (nSPS) is 12.8. The molecule has 8 nitrogen and oxygen atoms in total. The Labute approximate surface area is 201 Å². The van der Waals surface area contributed by atoms with Crippen LogP contribution in [0.3, 0.4) is 0 Å². The zero-order chi connectivity index (χ0) is 23.6. The van der Waals surface area contributed by atoms with Gasteiger partial charge in [0, 0.05) is 43.8 Å². The molecule has 2 N–H and O–H groups in total. The van der Waals surface area contributed by atoms with Crippen LogP contribution < -0.4 is 20.3 Å². The molecule has 0 radical (unpaired) electrons. The lowest BCUT2D eigenvalue weighted by Gasteiger charge is -2.27. The second-order valence-corrected chi connectivity index (χ2v) is 8.47. The summed E-state index contributed by atoms with van der Waals surface area (Å²) in [5.74, 6) is 1.37. The summed E-state index contributed by atoms with van der Waals surface area (Å²) >= 11 is 5.69. The van der Waals surface area contributed by atoms with Crippen LogP contribution in [0.25, 0.3) is 10.9 Å². The van der Waals surface area contributed by atoms with Gasteiger partial charge in [0.1, 0.15) is 13.2 Å². The fraction of sp³-hybridized carbons (Fsp3) is 0.583. The van der Waals surface area contributed by atoms with Crippen LogP contribution in [0.4, 0.5) is 0 Å². The van der Waals surface area contributed by atoms with Gasteiger partial charge in [-0.15, -0.1) is 0 Å². The molecule has 0 amide bonds. The van der Waals surface area contributed by atoms with Crippen LogP contribution in [0.2, 0.25) is 0 Å². The van der Waals surface area contributed by atoms with Gasteiger partial charge in [-0.3, -0.25) is 4.79 Å². The first-order chi connectivity index (χ1) is 16.0. The van der Waals surface area contributed by atoms with Crippen molar-refractivity contribution in [1.82, 2.24) is 20.1 Å². The van der Waals surface area contributed by atoms with Gasteiger partial charge in [0.2, 0.25) is 0 Å². The van der Waals surface area contributed by atoms with Gasteiger partial charge in [0.25, 0.3) is 5.56 Å². The zero-order valence-corrected chi connectivity index (χ0v) is 20.8. The molecule has 0 unspecified atom stereocenters. The summed E-state index contributed by atoms with van der Waals surface area (Å²) in [6.45, 7) is 11.0. The van der Waals surface area contributed by atoms with Gasteiger partial charge in [0.15, 0.2) is 16.6 Å². The van der Waals surface area contributed by atoms with Crippen LogP contribution >= 0.6 is 12.2 Å². The molecule has 1 aliphatic rings. The number of hydrogen-bond acceptors (Lipinski definition) is 6. The molecular formula is C24H36N4O4S. The quantitative estimate of drug-likeness (QED) is 0.358. The van der Waals surface area contributed by atoms with Gasteiger partial charge < -0.3 is 34.3 Å². The molecule has 0 aliphatic carbocycles. The molecule has 0 spiro atoms. The van der Waals surface area contributed by atoms with Crippen molar-refractivity contribution in [1.29, 1.82) is 0 Å².